The third-order valence-electron chi connectivity index (χ3n) is 15.2. The maximum absolute atomic E-state index is 15.0. The Balaban J connectivity index is 0.890. The molecule has 19 heteroatoms. The minimum absolute atomic E-state index is 0.0210. The van der Waals surface area contributed by atoms with Gasteiger partial charge in [-0.15, -0.1) is 5.10 Å². The molecule has 79 heavy (non-hydrogen) atoms. The average Bonchev–Trinajstić information content (AvgIpc) is 4.19. The number of aryl methyl sites for hydroxylation is 3. The summed E-state index contributed by atoms with van der Waals surface area (Å²) < 4.78 is 13.9. The molecule has 1 aromatic carbocycles. The summed E-state index contributed by atoms with van der Waals surface area (Å²) in [7, 11) is 1.64. The fourth-order valence-corrected chi connectivity index (χ4v) is 10.6. The number of methoxy groups -OCH3 is 1. The van der Waals surface area contributed by atoms with E-state index in [1.165, 1.54) is 43.4 Å². The van der Waals surface area contributed by atoms with Gasteiger partial charge in [-0.3, -0.25) is 38.5 Å². The Morgan fingerprint density at radius 1 is 0.823 bits per heavy atom. The van der Waals surface area contributed by atoms with Gasteiger partial charge >= 0.3 is 17.9 Å². The second-order valence-electron chi connectivity index (χ2n) is 22.6. The fourth-order valence-electron chi connectivity index (χ4n) is 10.6. The fraction of sp³-hybridized carbons (Fsp3) is 0.617. The van der Waals surface area contributed by atoms with E-state index in [2.05, 4.69) is 45.6 Å². The van der Waals surface area contributed by atoms with Crippen molar-refractivity contribution in [2.24, 2.45) is 17.3 Å². The minimum atomic E-state index is -1.08. The zero-order valence-electron chi connectivity index (χ0n) is 47.3. The molecule has 1 saturated carbocycles. The topological polar surface area (TPSA) is 243 Å². The van der Waals surface area contributed by atoms with Crippen LogP contribution in [0.25, 0.3) is 0 Å². The van der Waals surface area contributed by atoms with Gasteiger partial charge in [-0.2, -0.15) is 0 Å². The second kappa shape index (κ2) is 31.8. The van der Waals surface area contributed by atoms with Crippen LogP contribution in [0.1, 0.15) is 169 Å². The number of hydrogen-bond acceptors (Lipinski definition) is 13. The van der Waals surface area contributed by atoms with Gasteiger partial charge in [0.2, 0.25) is 11.8 Å². The molecule has 1 atom stereocenters. The number of ether oxygens (including phenoxy) is 2. The van der Waals surface area contributed by atoms with E-state index in [-0.39, 0.29) is 48.6 Å². The number of piperidine rings is 1. The first kappa shape index (κ1) is 61.6. The number of hydrogen-bond donors (Lipinski definition) is 4. The van der Waals surface area contributed by atoms with Crippen LogP contribution >= 0.6 is 0 Å². The molecule has 4 heterocycles. The number of carbonyl (C=O) groups excluding carboxylic acids is 2. The molecule has 3 aromatic heterocycles. The predicted octanol–water partition coefficient (Wildman–Crippen LogP) is 9.61. The normalized spacial score (nSPS) is 14.3. The van der Waals surface area contributed by atoms with E-state index in [0.717, 1.165) is 106 Å². The third kappa shape index (κ3) is 21.9. The van der Waals surface area contributed by atoms with Gasteiger partial charge in [-0.25, -0.2) is 9.97 Å². The van der Waals surface area contributed by atoms with E-state index < -0.39 is 17.9 Å². The number of nitrogens with zero attached hydrogens (tertiary/aromatic N) is 8. The van der Waals surface area contributed by atoms with E-state index >= 15 is 4.79 Å². The van der Waals surface area contributed by atoms with Crippen LogP contribution < -0.4 is 24.6 Å². The first-order chi connectivity index (χ1) is 38.0. The van der Waals surface area contributed by atoms with E-state index in [1.807, 2.05) is 65.0 Å². The number of unbranched alkanes of at least 4 members (excludes halogenated alkanes) is 10. The molecular formula is C60H87N9O10. The highest BCUT2D eigenvalue weighted by molar-refractivity contribution is 6.09. The summed E-state index contributed by atoms with van der Waals surface area (Å²) >= 11 is 0. The van der Waals surface area contributed by atoms with Gasteiger partial charge in [0, 0.05) is 75.9 Å². The lowest BCUT2D eigenvalue weighted by Gasteiger charge is -2.36. The summed E-state index contributed by atoms with van der Waals surface area (Å²) in [5.41, 5.74) is 3.90. The molecule has 4 N–H and O–H groups in total. The average molecular weight is 1090 g/mol. The number of carboxylic acid groups (broad SMARTS) is 3. The van der Waals surface area contributed by atoms with Crippen LogP contribution in [0.4, 0.5) is 11.5 Å². The van der Waals surface area contributed by atoms with Gasteiger partial charge in [0.1, 0.15) is 11.6 Å². The molecule has 4 aromatic rings. The van der Waals surface area contributed by atoms with E-state index in [4.69, 9.17) is 24.7 Å². The molecule has 2 aliphatic rings. The van der Waals surface area contributed by atoms with Crippen LogP contribution in [0.15, 0.2) is 60.9 Å². The number of pyridine rings is 2. The Bertz CT molecular complexity index is 2540. The van der Waals surface area contributed by atoms with Crippen molar-refractivity contribution in [3.8, 4) is 11.6 Å². The Morgan fingerprint density at radius 2 is 1.51 bits per heavy atom. The highest BCUT2D eigenvalue weighted by atomic mass is 16.5. The van der Waals surface area contributed by atoms with Crippen molar-refractivity contribution >= 4 is 41.2 Å². The molecule has 1 aliphatic heterocycles. The van der Waals surface area contributed by atoms with E-state index in [1.54, 1.807) is 13.3 Å². The van der Waals surface area contributed by atoms with Crippen molar-refractivity contribution in [2.75, 3.05) is 69.3 Å². The predicted molar refractivity (Wildman–Crippen MR) is 303 cm³/mol. The number of aromatic nitrogens is 5. The molecule has 2 fully saturated rings. The largest absolute Gasteiger partial charge is 0.497 e. The highest BCUT2D eigenvalue weighted by Crippen LogP contribution is 2.45. The van der Waals surface area contributed by atoms with E-state index in [9.17, 15) is 24.3 Å². The number of anilines is 2. The third-order valence-corrected chi connectivity index (χ3v) is 15.2. The monoisotopic (exact) mass is 1090 g/mol. The van der Waals surface area contributed by atoms with Gasteiger partial charge < -0.3 is 35.0 Å². The van der Waals surface area contributed by atoms with Crippen molar-refractivity contribution in [1.29, 1.82) is 0 Å². The molecular weight excluding hydrogens is 1010 g/mol. The van der Waals surface area contributed by atoms with Crippen LogP contribution in [-0.4, -0.2) is 134 Å². The van der Waals surface area contributed by atoms with Crippen LogP contribution in [0.5, 0.6) is 11.6 Å². The molecule has 2 amide bonds. The van der Waals surface area contributed by atoms with Crippen molar-refractivity contribution in [2.45, 2.75) is 162 Å². The number of aliphatic carboxylic acids is 3. The van der Waals surface area contributed by atoms with Gasteiger partial charge in [0.05, 0.1) is 50.2 Å². The standard InChI is InChI=1S/C60H87N9O10/c1-44-18-16-20-53(63-44)69(59(77)50-25-24-49(78-4)37-52(50)67-33-27-45(28-34-67)42-79-55-36-47(26-31-62-55)51(38-56(71)72)46-22-23-46)43-60(2,3)29-35-68-39-48(64-65-68)19-14-12-10-8-6-5-7-9-11-13-15-21-54(70)61-30-17-32-66(40-57(73)74)41-58(75)76/h16,18,20,24-26,31,36-37,39,45-46,51H,5-15,17,19,21-23,27-30,32-35,38,40-43H2,1-4H3,(H,61,70)(H,71,72)(H,73,74)(H,75,76)/t51-/m0/s1. The lowest BCUT2D eigenvalue weighted by molar-refractivity contribution is -0.142. The van der Waals surface area contributed by atoms with Crippen LogP contribution in [-0.2, 0) is 32.1 Å². The van der Waals surface area contributed by atoms with Gasteiger partial charge in [-0.1, -0.05) is 82.9 Å². The summed E-state index contributed by atoms with van der Waals surface area (Å²) in [6.07, 6.45) is 22.7. The molecule has 432 valence electrons. The zero-order valence-corrected chi connectivity index (χ0v) is 47.3. The molecule has 0 bridgehead atoms. The molecule has 19 nitrogen and oxygen atoms in total. The lowest BCUT2D eigenvalue weighted by Crippen LogP contribution is -2.42. The van der Waals surface area contributed by atoms with Gasteiger partial charge in [0.25, 0.3) is 5.91 Å². The Kier molecular flexibility index (Phi) is 24.8. The molecule has 1 aliphatic carbocycles. The number of benzene rings is 1. The van der Waals surface area contributed by atoms with E-state index in [0.29, 0.717) is 74.6 Å². The first-order valence-corrected chi connectivity index (χ1v) is 28.9. The molecule has 6 rings (SSSR count). The van der Waals surface area contributed by atoms with Crippen LogP contribution in [0.2, 0.25) is 0 Å². The van der Waals surface area contributed by atoms with Crippen molar-refractivity contribution in [3.63, 3.8) is 0 Å². The summed E-state index contributed by atoms with van der Waals surface area (Å²) in [6.45, 7) is 9.38. The summed E-state index contributed by atoms with van der Waals surface area (Å²) in [5.74, 6) is -0.606. The number of carbonyl (C=O) groups is 5. The van der Waals surface area contributed by atoms with Crippen molar-refractivity contribution in [3.05, 3.63) is 83.4 Å². The Labute approximate surface area is 466 Å². The number of nitrogens with one attached hydrogen (secondary N) is 1. The smallest absolute Gasteiger partial charge is 0.317 e. The van der Waals surface area contributed by atoms with Gasteiger partial charge in [-0.05, 0) is 124 Å². The summed E-state index contributed by atoms with van der Waals surface area (Å²) in [4.78, 5) is 75.4. The zero-order chi connectivity index (χ0) is 56.6. The lowest BCUT2D eigenvalue weighted by atomic mass is 9.88. The first-order valence-electron chi connectivity index (χ1n) is 28.9. The van der Waals surface area contributed by atoms with Gasteiger partial charge in [0.15, 0.2) is 0 Å². The number of amides is 2. The van der Waals surface area contributed by atoms with Crippen LogP contribution in [0.3, 0.4) is 0 Å². The number of carboxylic acids is 3. The maximum atomic E-state index is 15.0. The molecule has 0 radical (unpaired) electrons. The maximum Gasteiger partial charge on any atom is 0.317 e. The number of rotatable bonds is 38. The molecule has 0 spiro atoms. The van der Waals surface area contributed by atoms with Crippen molar-refractivity contribution in [1.82, 2.24) is 35.2 Å². The summed E-state index contributed by atoms with van der Waals surface area (Å²) in [5, 5.41) is 39.3. The summed E-state index contributed by atoms with van der Waals surface area (Å²) in [6, 6.07) is 15.3. The van der Waals surface area contributed by atoms with Crippen LogP contribution in [0, 0.1) is 24.2 Å². The minimum Gasteiger partial charge on any atom is -0.497 e. The Hall–Kier alpha value is -6.63. The highest BCUT2D eigenvalue weighted by Gasteiger charge is 2.35. The molecule has 1 saturated heterocycles. The molecule has 0 unspecified atom stereocenters. The second-order valence-corrected chi connectivity index (χ2v) is 22.6. The van der Waals surface area contributed by atoms with Crippen molar-refractivity contribution < 1.29 is 48.8 Å². The SMILES string of the molecule is COc1ccc(C(=O)N(CC(C)(C)CCn2cc(CCCCCCCCCCCCCC(=O)NCCCN(CC(=O)O)CC(=O)O)nn2)c2cccc(C)n2)c(N2CCC(COc3cc([C@@H](CC(=O)O)C4CC4)ccn3)CC2)c1. The quantitative estimate of drug-likeness (QED) is 0.0305. The Morgan fingerprint density at radius 3 is 2.15 bits per heavy atom.